The summed E-state index contributed by atoms with van der Waals surface area (Å²) in [6.07, 6.45) is 1.47. The maximum absolute atomic E-state index is 12.0. The number of aryl methyl sites for hydroxylation is 1. The highest BCUT2D eigenvalue weighted by Gasteiger charge is 2.17. The van der Waals surface area contributed by atoms with Crippen LogP contribution < -0.4 is 18.9 Å². The van der Waals surface area contributed by atoms with E-state index in [1.54, 1.807) is 24.3 Å². The van der Waals surface area contributed by atoms with Gasteiger partial charge in [-0.05, 0) is 53.4 Å². The Balaban J connectivity index is 1.93. The van der Waals surface area contributed by atoms with E-state index in [2.05, 4.69) is 9.47 Å². The number of rotatable bonds is 17. The van der Waals surface area contributed by atoms with Crippen molar-refractivity contribution in [2.75, 3.05) is 47.8 Å². The quantitative estimate of drug-likeness (QED) is 0.0981. The SMILES string of the molecule is COC(=O)COc1ccc(Cc2cc(C)cc(Cc3ccc(OCCOC=O)c(OC)c3)c2OCC(=O)OC)cc1C=O. The number of carbonyl (C=O) groups excluding carboxylic acids is 4. The van der Waals surface area contributed by atoms with Crippen LogP contribution in [0.3, 0.4) is 0 Å². The van der Waals surface area contributed by atoms with Crippen LogP contribution in [-0.2, 0) is 41.4 Å². The molecule has 11 nitrogen and oxygen atoms in total. The highest BCUT2D eigenvalue weighted by atomic mass is 16.6. The summed E-state index contributed by atoms with van der Waals surface area (Å²) in [5, 5.41) is 0. The van der Waals surface area contributed by atoms with Gasteiger partial charge in [-0.1, -0.05) is 29.8 Å². The maximum atomic E-state index is 12.0. The Bertz CT molecular complexity index is 1430. The number of methoxy groups -OCH3 is 3. The molecule has 0 amide bonds. The van der Waals surface area contributed by atoms with Crippen LogP contribution in [0.2, 0.25) is 0 Å². The number of benzene rings is 3. The summed E-state index contributed by atoms with van der Waals surface area (Å²) >= 11 is 0. The second-order valence-electron chi connectivity index (χ2n) is 9.29. The minimum atomic E-state index is -0.565. The number of carbonyl (C=O) groups is 4. The molecule has 0 heterocycles. The first kappa shape index (κ1) is 32.5. The summed E-state index contributed by atoms with van der Waals surface area (Å²) in [7, 11) is 4.07. The van der Waals surface area contributed by atoms with Crippen LogP contribution in [0.4, 0.5) is 0 Å². The fourth-order valence-corrected chi connectivity index (χ4v) is 4.32. The van der Waals surface area contributed by atoms with E-state index < -0.39 is 11.9 Å². The van der Waals surface area contributed by atoms with Gasteiger partial charge in [-0.25, -0.2) is 9.59 Å². The third-order valence-electron chi connectivity index (χ3n) is 6.27. The molecule has 11 heteroatoms. The Hall–Kier alpha value is -5.06. The normalized spacial score (nSPS) is 10.3. The molecular formula is C32H34O11. The zero-order valence-corrected chi connectivity index (χ0v) is 24.5. The van der Waals surface area contributed by atoms with E-state index in [4.69, 9.17) is 23.7 Å². The smallest absolute Gasteiger partial charge is 0.343 e. The molecule has 0 aliphatic heterocycles. The van der Waals surface area contributed by atoms with Gasteiger partial charge in [0, 0.05) is 12.8 Å². The first-order chi connectivity index (χ1) is 20.8. The molecule has 0 unspecified atom stereocenters. The summed E-state index contributed by atoms with van der Waals surface area (Å²) in [6.45, 7) is 1.98. The minimum Gasteiger partial charge on any atom is -0.493 e. The Morgan fingerprint density at radius 3 is 1.88 bits per heavy atom. The molecule has 0 atom stereocenters. The molecule has 0 aliphatic rings. The number of esters is 2. The molecule has 3 aromatic carbocycles. The van der Waals surface area contributed by atoms with Crippen molar-refractivity contribution in [1.29, 1.82) is 0 Å². The minimum absolute atomic E-state index is 0.110. The van der Waals surface area contributed by atoms with Crippen molar-refractivity contribution in [3.63, 3.8) is 0 Å². The van der Waals surface area contributed by atoms with E-state index in [-0.39, 0.29) is 37.7 Å². The van der Waals surface area contributed by atoms with Gasteiger partial charge in [0.1, 0.15) is 24.7 Å². The van der Waals surface area contributed by atoms with Crippen molar-refractivity contribution in [2.24, 2.45) is 0 Å². The average molecular weight is 595 g/mol. The van der Waals surface area contributed by atoms with Crippen molar-refractivity contribution >= 4 is 24.7 Å². The van der Waals surface area contributed by atoms with Crippen molar-refractivity contribution in [3.8, 4) is 23.0 Å². The Morgan fingerprint density at radius 2 is 1.30 bits per heavy atom. The third kappa shape index (κ3) is 9.49. The van der Waals surface area contributed by atoms with Gasteiger partial charge in [0.2, 0.25) is 0 Å². The summed E-state index contributed by atoms with van der Waals surface area (Å²) in [4.78, 5) is 45.6. The zero-order valence-electron chi connectivity index (χ0n) is 24.5. The molecule has 0 saturated carbocycles. The predicted molar refractivity (Wildman–Crippen MR) is 154 cm³/mol. The monoisotopic (exact) mass is 594 g/mol. The van der Waals surface area contributed by atoms with Crippen LogP contribution >= 0.6 is 0 Å². The standard InChI is InChI=1S/C32H34O11/c1-21-11-24(13-22-5-7-27(26(15-22)17-33)42-18-30(35)38-3)32(43-19-31(36)39-4)25(12-21)14-23-6-8-28(29(16-23)37-2)41-10-9-40-20-34/h5-8,11-12,15-17,20H,9-10,13-14,18-19H2,1-4H3. The van der Waals surface area contributed by atoms with Crippen molar-refractivity contribution in [1.82, 2.24) is 0 Å². The topological polar surface area (TPSA) is 133 Å². The molecule has 0 spiro atoms. The lowest BCUT2D eigenvalue weighted by Crippen LogP contribution is -2.15. The van der Waals surface area contributed by atoms with Gasteiger partial charge in [-0.15, -0.1) is 0 Å². The summed E-state index contributed by atoms with van der Waals surface area (Å²) in [5.41, 5.74) is 4.53. The number of hydrogen-bond acceptors (Lipinski definition) is 11. The van der Waals surface area contributed by atoms with E-state index >= 15 is 0 Å². The number of aldehydes is 1. The lowest BCUT2D eigenvalue weighted by Gasteiger charge is -2.18. The molecule has 228 valence electrons. The molecule has 3 rings (SSSR count). The van der Waals surface area contributed by atoms with Gasteiger partial charge in [0.15, 0.2) is 31.0 Å². The van der Waals surface area contributed by atoms with Crippen LogP contribution in [0.1, 0.15) is 38.2 Å². The van der Waals surface area contributed by atoms with E-state index in [0.29, 0.717) is 42.8 Å². The predicted octanol–water partition coefficient (Wildman–Crippen LogP) is 3.65. The lowest BCUT2D eigenvalue weighted by atomic mass is 9.94. The molecule has 0 N–H and O–H groups in total. The Morgan fingerprint density at radius 1 is 0.698 bits per heavy atom. The van der Waals surface area contributed by atoms with Crippen molar-refractivity contribution in [3.05, 3.63) is 81.9 Å². The lowest BCUT2D eigenvalue weighted by molar-refractivity contribution is -0.143. The van der Waals surface area contributed by atoms with Gasteiger partial charge >= 0.3 is 11.9 Å². The molecule has 0 fully saturated rings. The van der Waals surface area contributed by atoms with E-state index in [1.807, 2.05) is 31.2 Å². The zero-order chi connectivity index (χ0) is 31.2. The van der Waals surface area contributed by atoms with Gasteiger partial charge in [-0.3, -0.25) is 9.59 Å². The van der Waals surface area contributed by atoms with Crippen LogP contribution in [0.5, 0.6) is 23.0 Å². The molecule has 43 heavy (non-hydrogen) atoms. The molecule has 0 saturated heterocycles. The molecule has 0 aromatic heterocycles. The average Bonchev–Trinajstić information content (AvgIpc) is 3.01. The Labute approximate surface area is 249 Å². The summed E-state index contributed by atoms with van der Waals surface area (Å²) in [6, 6.07) is 14.5. The highest BCUT2D eigenvalue weighted by molar-refractivity contribution is 5.80. The third-order valence-corrected chi connectivity index (χ3v) is 6.27. The van der Waals surface area contributed by atoms with Crippen LogP contribution in [-0.4, -0.2) is 72.5 Å². The first-order valence-electron chi connectivity index (χ1n) is 13.3. The fraction of sp³-hybridized carbons (Fsp3) is 0.312. The molecule has 0 aliphatic carbocycles. The Kier molecular flexibility index (Phi) is 12.4. The number of ether oxygens (including phenoxy) is 7. The van der Waals surface area contributed by atoms with Crippen LogP contribution in [0.15, 0.2) is 48.5 Å². The van der Waals surface area contributed by atoms with E-state index in [0.717, 1.165) is 27.8 Å². The van der Waals surface area contributed by atoms with E-state index in [1.165, 1.54) is 21.3 Å². The van der Waals surface area contributed by atoms with Gasteiger partial charge in [0.25, 0.3) is 6.47 Å². The molecule has 0 bridgehead atoms. The largest absolute Gasteiger partial charge is 0.493 e. The molecule has 3 aromatic rings. The van der Waals surface area contributed by atoms with Crippen LogP contribution in [0.25, 0.3) is 0 Å². The van der Waals surface area contributed by atoms with Gasteiger partial charge in [0.05, 0.1) is 26.9 Å². The first-order valence-corrected chi connectivity index (χ1v) is 13.3. The number of hydrogen-bond donors (Lipinski definition) is 0. The summed E-state index contributed by atoms with van der Waals surface area (Å²) in [5.74, 6) is 0.676. The molecule has 0 radical (unpaired) electrons. The van der Waals surface area contributed by atoms with E-state index in [9.17, 15) is 19.2 Å². The van der Waals surface area contributed by atoms with Gasteiger partial charge < -0.3 is 33.2 Å². The molecular weight excluding hydrogens is 560 g/mol. The second-order valence-corrected chi connectivity index (χ2v) is 9.29. The fourth-order valence-electron chi connectivity index (χ4n) is 4.32. The van der Waals surface area contributed by atoms with Crippen molar-refractivity contribution < 1.29 is 52.3 Å². The highest BCUT2D eigenvalue weighted by Crippen LogP contribution is 2.34. The van der Waals surface area contributed by atoms with Gasteiger partial charge in [-0.2, -0.15) is 0 Å². The van der Waals surface area contributed by atoms with Crippen molar-refractivity contribution in [2.45, 2.75) is 19.8 Å². The second kappa shape index (κ2) is 16.4. The maximum Gasteiger partial charge on any atom is 0.343 e. The van der Waals surface area contributed by atoms with Crippen LogP contribution in [0, 0.1) is 6.92 Å². The summed E-state index contributed by atoms with van der Waals surface area (Å²) < 4.78 is 36.7.